The van der Waals surface area contributed by atoms with Crippen LogP contribution in [0.2, 0.25) is 0 Å². The van der Waals surface area contributed by atoms with Crippen molar-refractivity contribution < 1.29 is 9.59 Å². The van der Waals surface area contributed by atoms with Gasteiger partial charge in [0.15, 0.2) is 0 Å². The monoisotopic (exact) mass is 415 g/mol. The quantitative estimate of drug-likeness (QED) is 0.804. The van der Waals surface area contributed by atoms with E-state index in [2.05, 4.69) is 21.2 Å². The first kappa shape index (κ1) is 19.2. The summed E-state index contributed by atoms with van der Waals surface area (Å²) in [5.74, 6) is 0.213. The molecule has 2 aliphatic heterocycles. The van der Waals surface area contributed by atoms with Crippen molar-refractivity contribution in [2.24, 2.45) is 0 Å². The first-order valence-electron chi connectivity index (χ1n) is 8.12. The number of piperidine rings is 1. The molecule has 0 saturated carbocycles. The standard InChI is InChI=1S/C17H22BrN3O2.ClH/c1-12-14(5-2-6-15(12)18)17(23)20-8-3-4-13(11-20)21-9-7-19-10-16(21)22;/h2,5-6,13,19H,3-4,7-11H2,1H3;1H. The Bertz CT molecular complexity index is 626. The fraction of sp³-hybridized carbons (Fsp3) is 0.529. The molecule has 0 bridgehead atoms. The van der Waals surface area contributed by atoms with Crippen molar-refractivity contribution in [2.45, 2.75) is 25.8 Å². The van der Waals surface area contributed by atoms with Crippen LogP contribution >= 0.6 is 28.3 Å². The van der Waals surface area contributed by atoms with Crippen molar-refractivity contribution in [1.82, 2.24) is 15.1 Å². The molecule has 24 heavy (non-hydrogen) atoms. The molecule has 7 heteroatoms. The van der Waals surface area contributed by atoms with Crippen LogP contribution in [-0.2, 0) is 4.79 Å². The van der Waals surface area contributed by atoms with Crippen molar-refractivity contribution in [3.63, 3.8) is 0 Å². The zero-order valence-corrected chi connectivity index (χ0v) is 16.2. The van der Waals surface area contributed by atoms with Crippen LogP contribution in [0.15, 0.2) is 22.7 Å². The zero-order valence-electron chi connectivity index (χ0n) is 13.8. The third-order valence-corrected chi connectivity index (χ3v) is 5.61. The number of nitrogens with zero attached hydrogens (tertiary/aromatic N) is 2. The van der Waals surface area contributed by atoms with Gasteiger partial charge in [0.2, 0.25) is 5.91 Å². The molecule has 5 nitrogen and oxygen atoms in total. The number of rotatable bonds is 2. The molecule has 0 spiro atoms. The lowest BCUT2D eigenvalue weighted by Gasteiger charge is -2.41. The highest BCUT2D eigenvalue weighted by Crippen LogP contribution is 2.23. The molecule has 1 unspecified atom stereocenters. The fourth-order valence-electron chi connectivity index (χ4n) is 3.41. The molecule has 0 radical (unpaired) electrons. The van der Waals surface area contributed by atoms with E-state index in [-0.39, 0.29) is 30.3 Å². The lowest BCUT2D eigenvalue weighted by atomic mass is 10.0. The lowest BCUT2D eigenvalue weighted by molar-refractivity contribution is -0.135. The van der Waals surface area contributed by atoms with Gasteiger partial charge in [-0.25, -0.2) is 0 Å². The number of benzene rings is 1. The maximum atomic E-state index is 12.9. The molecule has 2 amide bonds. The van der Waals surface area contributed by atoms with Crippen molar-refractivity contribution in [3.05, 3.63) is 33.8 Å². The zero-order chi connectivity index (χ0) is 16.4. The van der Waals surface area contributed by atoms with E-state index in [1.165, 1.54) is 0 Å². The van der Waals surface area contributed by atoms with Gasteiger partial charge < -0.3 is 15.1 Å². The third-order valence-electron chi connectivity index (χ3n) is 4.75. The van der Waals surface area contributed by atoms with Crippen LogP contribution < -0.4 is 5.32 Å². The number of amides is 2. The second-order valence-corrected chi connectivity index (χ2v) is 7.08. The number of hydrogen-bond donors (Lipinski definition) is 1. The van der Waals surface area contributed by atoms with Gasteiger partial charge in [0.1, 0.15) is 0 Å². The molecule has 2 aliphatic rings. The van der Waals surface area contributed by atoms with Crippen molar-refractivity contribution in [2.75, 3.05) is 32.7 Å². The van der Waals surface area contributed by atoms with Gasteiger partial charge in [-0.1, -0.05) is 22.0 Å². The summed E-state index contributed by atoms with van der Waals surface area (Å²) in [5.41, 5.74) is 1.71. The molecule has 132 valence electrons. The molecule has 1 N–H and O–H groups in total. The summed E-state index contributed by atoms with van der Waals surface area (Å²) in [6.45, 7) is 5.34. The van der Waals surface area contributed by atoms with Gasteiger partial charge in [-0.15, -0.1) is 12.4 Å². The molecule has 1 atom stereocenters. The molecule has 2 fully saturated rings. The minimum absolute atomic E-state index is 0. The summed E-state index contributed by atoms with van der Waals surface area (Å²) in [6.07, 6.45) is 1.92. The van der Waals surface area contributed by atoms with E-state index >= 15 is 0 Å². The Kier molecular flexibility index (Phi) is 6.66. The predicted molar refractivity (Wildman–Crippen MR) is 99.6 cm³/mol. The van der Waals surface area contributed by atoms with Gasteiger partial charge in [-0.05, 0) is 37.5 Å². The van der Waals surface area contributed by atoms with E-state index in [4.69, 9.17) is 0 Å². The number of hydrogen-bond acceptors (Lipinski definition) is 3. The molecular formula is C17H23BrClN3O2. The topological polar surface area (TPSA) is 52.7 Å². The van der Waals surface area contributed by atoms with Crippen LogP contribution in [0, 0.1) is 6.92 Å². The average molecular weight is 417 g/mol. The van der Waals surface area contributed by atoms with Crippen molar-refractivity contribution in [1.29, 1.82) is 0 Å². The second-order valence-electron chi connectivity index (χ2n) is 6.22. The Balaban J connectivity index is 0.00000208. The van der Waals surface area contributed by atoms with E-state index in [1.807, 2.05) is 34.9 Å². The van der Waals surface area contributed by atoms with E-state index < -0.39 is 0 Å². The Morgan fingerprint density at radius 2 is 2.12 bits per heavy atom. The largest absolute Gasteiger partial charge is 0.337 e. The maximum absolute atomic E-state index is 12.9. The average Bonchev–Trinajstić information content (AvgIpc) is 2.57. The van der Waals surface area contributed by atoms with Crippen LogP contribution in [0.25, 0.3) is 0 Å². The highest BCUT2D eigenvalue weighted by atomic mass is 79.9. The molecule has 0 aromatic heterocycles. The molecule has 2 heterocycles. The Labute approximate surface area is 157 Å². The number of carbonyl (C=O) groups excluding carboxylic acids is 2. The highest BCUT2D eigenvalue weighted by molar-refractivity contribution is 9.10. The Morgan fingerprint density at radius 3 is 2.88 bits per heavy atom. The molecule has 1 aromatic rings. The number of piperazine rings is 1. The normalized spacial score (nSPS) is 21.4. The summed E-state index contributed by atoms with van der Waals surface area (Å²) in [6, 6.07) is 5.87. The van der Waals surface area contributed by atoms with E-state index in [0.29, 0.717) is 13.1 Å². The first-order chi connectivity index (χ1) is 11.1. The Morgan fingerprint density at radius 1 is 1.33 bits per heavy atom. The van der Waals surface area contributed by atoms with Crippen LogP contribution in [0.1, 0.15) is 28.8 Å². The first-order valence-corrected chi connectivity index (χ1v) is 8.92. The van der Waals surface area contributed by atoms with Gasteiger partial charge in [0.05, 0.1) is 6.54 Å². The second kappa shape index (κ2) is 8.32. The number of likely N-dealkylation sites (tertiary alicyclic amines) is 1. The van der Waals surface area contributed by atoms with E-state index in [0.717, 1.165) is 48.1 Å². The minimum atomic E-state index is 0. The molecule has 0 aliphatic carbocycles. The van der Waals surface area contributed by atoms with Crippen LogP contribution in [0.4, 0.5) is 0 Å². The molecule has 3 rings (SSSR count). The SMILES string of the molecule is Cc1c(Br)cccc1C(=O)N1CCCC(N2CCNCC2=O)C1.Cl. The third kappa shape index (κ3) is 3.92. The van der Waals surface area contributed by atoms with Gasteiger partial charge >= 0.3 is 0 Å². The molecule has 2 saturated heterocycles. The fourth-order valence-corrected chi connectivity index (χ4v) is 3.78. The Hall–Kier alpha value is -1.11. The summed E-state index contributed by atoms with van der Waals surface area (Å²) >= 11 is 3.49. The predicted octanol–water partition coefficient (Wildman–Crippen LogP) is 2.22. The van der Waals surface area contributed by atoms with Crippen LogP contribution in [0.5, 0.6) is 0 Å². The smallest absolute Gasteiger partial charge is 0.254 e. The summed E-state index contributed by atoms with van der Waals surface area (Å²) in [7, 11) is 0. The van der Waals surface area contributed by atoms with Gasteiger partial charge in [-0.3, -0.25) is 9.59 Å². The molecule has 1 aromatic carbocycles. The lowest BCUT2D eigenvalue weighted by Crippen LogP contribution is -2.57. The van der Waals surface area contributed by atoms with E-state index in [9.17, 15) is 9.59 Å². The minimum Gasteiger partial charge on any atom is -0.337 e. The number of nitrogens with one attached hydrogen (secondary N) is 1. The van der Waals surface area contributed by atoms with Crippen molar-refractivity contribution in [3.8, 4) is 0 Å². The van der Waals surface area contributed by atoms with Gasteiger partial charge in [0, 0.05) is 42.3 Å². The summed E-state index contributed by atoms with van der Waals surface area (Å²) < 4.78 is 0.953. The number of halogens is 2. The van der Waals surface area contributed by atoms with Gasteiger partial charge in [-0.2, -0.15) is 0 Å². The van der Waals surface area contributed by atoms with Crippen LogP contribution in [0.3, 0.4) is 0 Å². The van der Waals surface area contributed by atoms with Gasteiger partial charge in [0.25, 0.3) is 5.91 Å². The highest BCUT2D eigenvalue weighted by Gasteiger charge is 2.32. The van der Waals surface area contributed by atoms with E-state index in [1.54, 1.807) is 0 Å². The van der Waals surface area contributed by atoms with Crippen LogP contribution in [-0.4, -0.2) is 60.4 Å². The molecular weight excluding hydrogens is 394 g/mol. The summed E-state index contributed by atoms with van der Waals surface area (Å²) in [4.78, 5) is 28.8. The summed E-state index contributed by atoms with van der Waals surface area (Å²) in [5, 5.41) is 3.10. The van der Waals surface area contributed by atoms with Crippen molar-refractivity contribution >= 4 is 40.2 Å². The maximum Gasteiger partial charge on any atom is 0.254 e. The number of carbonyl (C=O) groups is 2.